The van der Waals surface area contributed by atoms with E-state index in [1.807, 2.05) is 0 Å². The van der Waals surface area contributed by atoms with Crippen molar-refractivity contribution in [2.45, 2.75) is 12.8 Å². The van der Waals surface area contributed by atoms with Crippen LogP contribution in [0.1, 0.15) is 23.2 Å². The molecule has 3 nitrogen and oxygen atoms in total. The first kappa shape index (κ1) is 12.1. The van der Waals surface area contributed by atoms with Gasteiger partial charge in [0.05, 0.1) is 0 Å². The van der Waals surface area contributed by atoms with Crippen LogP contribution in [0.2, 0.25) is 0 Å². The minimum Gasteiger partial charge on any atom is -0.330 e. The second kappa shape index (κ2) is 6.57. The predicted octanol–water partition coefficient (Wildman–Crippen LogP) is 1.43. The molecular weight excluding hydrogens is 188 g/mol. The number of ketones is 1. The van der Waals surface area contributed by atoms with E-state index in [-0.39, 0.29) is 18.2 Å². The van der Waals surface area contributed by atoms with E-state index in [4.69, 9.17) is 5.73 Å². The number of pyridine rings is 1. The van der Waals surface area contributed by atoms with E-state index in [1.165, 1.54) is 0 Å². The van der Waals surface area contributed by atoms with Crippen molar-refractivity contribution in [2.75, 3.05) is 6.54 Å². The number of Topliss-reactive ketones (excluding diaryl/α,β-unsaturated/α-hetero) is 1. The molecule has 0 fully saturated rings. The summed E-state index contributed by atoms with van der Waals surface area (Å²) in [5.41, 5.74) is 5.96. The van der Waals surface area contributed by atoms with Crippen molar-refractivity contribution < 1.29 is 4.79 Å². The molecule has 13 heavy (non-hydrogen) atoms. The lowest BCUT2D eigenvalue weighted by atomic mass is 10.1. The van der Waals surface area contributed by atoms with Crippen LogP contribution >= 0.6 is 12.4 Å². The molecule has 0 aromatic carbocycles. The molecule has 1 rings (SSSR count). The molecule has 0 aliphatic heterocycles. The van der Waals surface area contributed by atoms with Gasteiger partial charge in [0.2, 0.25) is 0 Å². The van der Waals surface area contributed by atoms with Gasteiger partial charge in [-0.1, -0.05) is 0 Å². The molecule has 0 spiro atoms. The van der Waals surface area contributed by atoms with Crippen molar-refractivity contribution in [3.8, 4) is 0 Å². The topological polar surface area (TPSA) is 56.0 Å². The Morgan fingerprint density at radius 3 is 2.85 bits per heavy atom. The first-order valence-corrected chi connectivity index (χ1v) is 3.98. The molecule has 2 N–H and O–H groups in total. The number of carbonyl (C=O) groups is 1. The molecule has 0 aliphatic rings. The lowest BCUT2D eigenvalue weighted by molar-refractivity contribution is 0.0980. The highest BCUT2D eigenvalue weighted by Crippen LogP contribution is 2.02. The Bertz CT molecular complexity index is 251. The van der Waals surface area contributed by atoms with Crippen LogP contribution in [0.3, 0.4) is 0 Å². The quantitative estimate of drug-likeness (QED) is 0.749. The number of nitrogens with zero attached hydrogens (tertiary/aromatic N) is 1. The summed E-state index contributed by atoms with van der Waals surface area (Å²) >= 11 is 0. The zero-order valence-corrected chi connectivity index (χ0v) is 8.09. The van der Waals surface area contributed by atoms with E-state index in [0.717, 1.165) is 6.42 Å². The van der Waals surface area contributed by atoms with Gasteiger partial charge < -0.3 is 5.73 Å². The summed E-state index contributed by atoms with van der Waals surface area (Å²) in [6.45, 7) is 0.562. The Morgan fingerprint density at radius 1 is 1.54 bits per heavy atom. The molecule has 0 amide bonds. The molecule has 1 heterocycles. The Labute approximate surface area is 83.8 Å². The van der Waals surface area contributed by atoms with Crippen LogP contribution in [0.15, 0.2) is 24.5 Å². The van der Waals surface area contributed by atoms with Crippen LogP contribution < -0.4 is 5.73 Å². The lowest BCUT2D eigenvalue weighted by Gasteiger charge is -1.97. The van der Waals surface area contributed by atoms with Gasteiger partial charge in [-0.3, -0.25) is 9.78 Å². The monoisotopic (exact) mass is 200 g/mol. The number of hydrogen-bond donors (Lipinski definition) is 1. The summed E-state index contributed by atoms with van der Waals surface area (Å²) in [5, 5.41) is 0. The van der Waals surface area contributed by atoms with E-state index in [1.54, 1.807) is 24.5 Å². The summed E-state index contributed by atoms with van der Waals surface area (Å²) < 4.78 is 0. The highest BCUT2D eigenvalue weighted by atomic mass is 35.5. The maximum Gasteiger partial charge on any atom is 0.164 e. The van der Waals surface area contributed by atoms with E-state index < -0.39 is 0 Å². The first-order valence-electron chi connectivity index (χ1n) is 3.98. The highest BCUT2D eigenvalue weighted by molar-refractivity contribution is 5.95. The van der Waals surface area contributed by atoms with Crippen molar-refractivity contribution in [1.29, 1.82) is 0 Å². The summed E-state index contributed by atoms with van der Waals surface area (Å²) in [6, 6.07) is 3.53. The lowest BCUT2D eigenvalue weighted by Crippen LogP contribution is -2.04. The van der Waals surface area contributed by atoms with Crippen molar-refractivity contribution in [2.24, 2.45) is 5.73 Å². The van der Waals surface area contributed by atoms with Crippen molar-refractivity contribution in [1.82, 2.24) is 4.98 Å². The minimum absolute atomic E-state index is 0. The predicted molar refractivity (Wildman–Crippen MR) is 54.1 cm³/mol. The van der Waals surface area contributed by atoms with E-state index in [0.29, 0.717) is 18.5 Å². The SMILES string of the molecule is Cl.NCCCC(=O)c1cccnc1. The maximum absolute atomic E-state index is 11.3. The number of carbonyl (C=O) groups excluding carboxylic acids is 1. The fourth-order valence-corrected chi connectivity index (χ4v) is 0.935. The van der Waals surface area contributed by atoms with Crippen LogP contribution in [0.4, 0.5) is 0 Å². The molecule has 72 valence electrons. The zero-order chi connectivity index (χ0) is 8.81. The van der Waals surface area contributed by atoms with Crippen LogP contribution in [-0.2, 0) is 0 Å². The van der Waals surface area contributed by atoms with Crippen LogP contribution in [0.5, 0.6) is 0 Å². The molecule has 1 aromatic rings. The van der Waals surface area contributed by atoms with Gasteiger partial charge in [0, 0.05) is 24.4 Å². The average molecular weight is 201 g/mol. The summed E-state index contributed by atoms with van der Waals surface area (Å²) in [7, 11) is 0. The van der Waals surface area contributed by atoms with Crippen LogP contribution in [0.25, 0.3) is 0 Å². The second-order valence-corrected chi connectivity index (χ2v) is 2.56. The molecular formula is C9H13ClN2O. The standard InChI is InChI=1S/C9H12N2O.ClH/c10-5-1-4-9(12)8-3-2-6-11-7-8;/h2-3,6-7H,1,4-5,10H2;1H. The normalized spacial score (nSPS) is 9.00. The Hall–Kier alpha value is -0.930. The van der Waals surface area contributed by atoms with Gasteiger partial charge in [-0.15, -0.1) is 12.4 Å². The number of aromatic nitrogens is 1. The largest absolute Gasteiger partial charge is 0.330 e. The second-order valence-electron chi connectivity index (χ2n) is 2.56. The molecule has 0 bridgehead atoms. The third-order valence-corrected chi connectivity index (χ3v) is 1.59. The van der Waals surface area contributed by atoms with Crippen LogP contribution in [-0.4, -0.2) is 17.3 Å². The summed E-state index contributed by atoms with van der Waals surface area (Å²) in [4.78, 5) is 15.2. The summed E-state index contributed by atoms with van der Waals surface area (Å²) in [5.74, 6) is 0.119. The molecule has 1 aromatic heterocycles. The van der Waals surface area contributed by atoms with E-state index in [9.17, 15) is 4.79 Å². The number of hydrogen-bond acceptors (Lipinski definition) is 3. The Balaban J connectivity index is 0.00000144. The van der Waals surface area contributed by atoms with Crippen molar-refractivity contribution >= 4 is 18.2 Å². The van der Waals surface area contributed by atoms with Crippen molar-refractivity contribution in [3.63, 3.8) is 0 Å². The molecule has 0 aliphatic carbocycles. The molecule has 0 radical (unpaired) electrons. The number of nitrogens with two attached hydrogens (primary N) is 1. The third-order valence-electron chi connectivity index (χ3n) is 1.59. The van der Waals surface area contributed by atoms with Crippen LogP contribution in [0, 0.1) is 0 Å². The Morgan fingerprint density at radius 2 is 2.31 bits per heavy atom. The molecule has 4 heteroatoms. The van der Waals surface area contributed by atoms with Gasteiger partial charge in [0.15, 0.2) is 5.78 Å². The zero-order valence-electron chi connectivity index (χ0n) is 7.27. The fraction of sp³-hybridized carbons (Fsp3) is 0.333. The van der Waals surface area contributed by atoms with Gasteiger partial charge in [0.25, 0.3) is 0 Å². The Kier molecular flexibility index (Phi) is 6.10. The minimum atomic E-state index is 0. The smallest absolute Gasteiger partial charge is 0.164 e. The average Bonchev–Trinajstić information content (AvgIpc) is 2.15. The van der Waals surface area contributed by atoms with E-state index >= 15 is 0 Å². The number of rotatable bonds is 4. The molecule has 0 atom stereocenters. The van der Waals surface area contributed by atoms with Gasteiger partial charge in [0.1, 0.15) is 0 Å². The number of halogens is 1. The van der Waals surface area contributed by atoms with E-state index in [2.05, 4.69) is 4.98 Å². The summed E-state index contributed by atoms with van der Waals surface area (Å²) in [6.07, 6.45) is 4.49. The highest BCUT2D eigenvalue weighted by Gasteiger charge is 2.03. The van der Waals surface area contributed by atoms with Crippen molar-refractivity contribution in [3.05, 3.63) is 30.1 Å². The maximum atomic E-state index is 11.3. The van der Waals surface area contributed by atoms with Gasteiger partial charge in [-0.2, -0.15) is 0 Å². The van der Waals surface area contributed by atoms with Gasteiger partial charge in [-0.25, -0.2) is 0 Å². The van der Waals surface area contributed by atoms with Gasteiger partial charge >= 0.3 is 0 Å². The molecule has 0 saturated carbocycles. The third kappa shape index (κ3) is 4.01. The van der Waals surface area contributed by atoms with Gasteiger partial charge in [-0.05, 0) is 25.1 Å². The fourth-order valence-electron chi connectivity index (χ4n) is 0.935. The molecule has 0 unspecified atom stereocenters. The molecule has 0 saturated heterocycles. The first-order chi connectivity index (χ1) is 5.84.